The molecule has 0 bridgehead atoms. The molecule has 0 aliphatic carbocycles. The van der Waals surface area contributed by atoms with Crippen molar-refractivity contribution in [1.29, 1.82) is 0 Å². The van der Waals surface area contributed by atoms with Crippen molar-refractivity contribution < 1.29 is 22.8 Å². The van der Waals surface area contributed by atoms with Crippen molar-refractivity contribution in [1.82, 2.24) is 5.32 Å². The number of benzene rings is 1. The van der Waals surface area contributed by atoms with E-state index < -0.39 is 23.6 Å². The average molecular weight is 358 g/mol. The number of nitrogens with one attached hydrogen (secondary N) is 2. The zero-order chi connectivity index (χ0) is 17.9. The summed E-state index contributed by atoms with van der Waals surface area (Å²) < 4.78 is 38.1. The van der Waals surface area contributed by atoms with E-state index in [4.69, 9.17) is 0 Å². The second-order valence-electron chi connectivity index (χ2n) is 5.30. The summed E-state index contributed by atoms with van der Waals surface area (Å²) in [5, 5.41) is 5.18. The van der Waals surface area contributed by atoms with Gasteiger partial charge in [-0.3, -0.25) is 9.59 Å². The number of carbonyl (C=O) groups excluding carboxylic acids is 2. The van der Waals surface area contributed by atoms with Crippen molar-refractivity contribution in [2.45, 2.75) is 43.8 Å². The highest BCUT2D eigenvalue weighted by atomic mass is 32.2. The normalized spacial score (nSPS) is 16.1. The van der Waals surface area contributed by atoms with Gasteiger partial charge in [0.25, 0.3) is 5.91 Å². The number of thioether (sulfide) groups is 1. The number of halogens is 3. The Morgan fingerprint density at radius 3 is 2.58 bits per heavy atom. The highest BCUT2D eigenvalue weighted by Gasteiger charge is 2.32. The molecule has 1 aromatic carbocycles. The summed E-state index contributed by atoms with van der Waals surface area (Å²) in [4.78, 5) is 24.6. The van der Waals surface area contributed by atoms with Crippen LogP contribution in [0.2, 0.25) is 0 Å². The number of rotatable bonds is 4. The molecule has 2 rings (SSSR count). The average Bonchev–Trinajstić information content (AvgIpc) is 2.52. The van der Waals surface area contributed by atoms with Crippen molar-refractivity contribution in [3.05, 3.63) is 34.7 Å². The summed E-state index contributed by atoms with van der Waals surface area (Å²) in [6.07, 6.45) is -1.75. The predicted octanol–water partition coefficient (Wildman–Crippen LogP) is 3.94. The summed E-state index contributed by atoms with van der Waals surface area (Å²) in [5.74, 6) is -0.983. The van der Waals surface area contributed by atoms with Gasteiger partial charge in [0.05, 0.1) is 16.2 Å². The zero-order valence-electron chi connectivity index (χ0n) is 13.2. The number of fused-ring (bicyclic) bond motifs is 1. The van der Waals surface area contributed by atoms with E-state index in [-0.39, 0.29) is 16.6 Å². The third kappa shape index (κ3) is 4.31. The van der Waals surface area contributed by atoms with E-state index in [1.165, 1.54) is 12.1 Å². The Hall–Kier alpha value is -1.96. The maximum atomic E-state index is 12.7. The number of alkyl halides is 3. The van der Waals surface area contributed by atoms with Crippen LogP contribution in [-0.2, 0) is 15.8 Å². The van der Waals surface area contributed by atoms with Crippen LogP contribution in [0.15, 0.2) is 34.1 Å². The van der Waals surface area contributed by atoms with Gasteiger partial charge in [0.1, 0.15) is 0 Å². The molecule has 0 saturated heterocycles. The van der Waals surface area contributed by atoms with Gasteiger partial charge < -0.3 is 10.6 Å². The smallest absolute Gasteiger partial charge is 0.350 e. The van der Waals surface area contributed by atoms with Crippen LogP contribution in [0.5, 0.6) is 0 Å². The lowest BCUT2D eigenvalue weighted by Crippen LogP contribution is -2.33. The van der Waals surface area contributed by atoms with E-state index in [1.807, 2.05) is 13.8 Å². The molecule has 1 aliphatic heterocycles. The summed E-state index contributed by atoms with van der Waals surface area (Å²) in [5.41, 5.74) is -0.738. The maximum absolute atomic E-state index is 12.7. The Morgan fingerprint density at radius 2 is 2.00 bits per heavy atom. The number of anilines is 1. The molecule has 0 unspecified atom stereocenters. The molecule has 0 saturated carbocycles. The first-order valence-electron chi connectivity index (χ1n) is 7.47. The molecule has 24 heavy (non-hydrogen) atoms. The third-order valence-electron chi connectivity index (χ3n) is 3.59. The first kappa shape index (κ1) is 18.4. The lowest BCUT2D eigenvalue weighted by molar-refractivity contribution is -0.137. The molecule has 8 heteroatoms. The quantitative estimate of drug-likeness (QED) is 0.802. The van der Waals surface area contributed by atoms with Crippen molar-refractivity contribution in [3.8, 4) is 0 Å². The minimum atomic E-state index is -4.48. The fourth-order valence-electron chi connectivity index (χ4n) is 2.19. The zero-order valence-corrected chi connectivity index (χ0v) is 14.0. The third-order valence-corrected chi connectivity index (χ3v) is 4.69. The van der Waals surface area contributed by atoms with Gasteiger partial charge in [0.15, 0.2) is 0 Å². The van der Waals surface area contributed by atoms with Crippen LogP contribution in [0.3, 0.4) is 0 Å². The molecule has 1 aliphatic rings. The first-order chi connectivity index (χ1) is 11.2. The first-order valence-corrected chi connectivity index (χ1v) is 8.28. The second-order valence-corrected chi connectivity index (χ2v) is 6.38. The Labute approximate surface area is 141 Å². The highest BCUT2D eigenvalue weighted by molar-refractivity contribution is 8.04. The van der Waals surface area contributed by atoms with Gasteiger partial charge in [-0.05, 0) is 31.0 Å². The largest absolute Gasteiger partial charge is 0.416 e. The van der Waals surface area contributed by atoms with Crippen LogP contribution < -0.4 is 10.6 Å². The Bertz CT molecular complexity index is 682. The standard InChI is InChI=1S/C16H17F3N2O2S/c1-3-10(4-2)20-14(22)8-13-15(23)21-11-7-9(16(17,18)19)5-6-12(11)24-13/h5-8,10H,3-4H2,1-2H3,(H,20,22)(H,21,23)/b13-8+. The molecule has 2 N–H and O–H groups in total. The fourth-order valence-corrected chi connectivity index (χ4v) is 3.09. The number of amides is 2. The van der Waals surface area contributed by atoms with Crippen LogP contribution in [0.4, 0.5) is 18.9 Å². The maximum Gasteiger partial charge on any atom is 0.416 e. The lowest BCUT2D eigenvalue weighted by atomic mass is 10.1. The number of carbonyl (C=O) groups is 2. The molecule has 2 amide bonds. The summed E-state index contributed by atoms with van der Waals surface area (Å²) in [6.45, 7) is 3.89. The van der Waals surface area contributed by atoms with Crippen molar-refractivity contribution in [3.63, 3.8) is 0 Å². The fraction of sp³-hybridized carbons (Fsp3) is 0.375. The molecular weight excluding hydrogens is 341 g/mol. The van der Waals surface area contributed by atoms with Crippen LogP contribution in [0.25, 0.3) is 0 Å². The van der Waals surface area contributed by atoms with Gasteiger partial charge in [-0.2, -0.15) is 13.2 Å². The molecular formula is C16H17F3N2O2S. The molecule has 1 heterocycles. The minimum Gasteiger partial charge on any atom is -0.350 e. The van der Waals surface area contributed by atoms with Crippen molar-refractivity contribution >= 4 is 29.3 Å². The van der Waals surface area contributed by atoms with Crippen LogP contribution >= 0.6 is 11.8 Å². The van der Waals surface area contributed by atoms with Gasteiger partial charge in [-0.15, -0.1) is 0 Å². The number of hydrogen-bond acceptors (Lipinski definition) is 3. The van der Waals surface area contributed by atoms with Crippen molar-refractivity contribution in [2.24, 2.45) is 0 Å². The molecule has 130 valence electrons. The topological polar surface area (TPSA) is 58.2 Å². The van der Waals surface area contributed by atoms with E-state index in [0.717, 1.165) is 36.7 Å². The van der Waals surface area contributed by atoms with E-state index in [9.17, 15) is 22.8 Å². The Balaban J connectivity index is 2.19. The monoisotopic (exact) mass is 358 g/mol. The Morgan fingerprint density at radius 1 is 1.33 bits per heavy atom. The summed E-state index contributed by atoms with van der Waals surface area (Å²) >= 11 is 0.976. The molecule has 0 atom stereocenters. The summed E-state index contributed by atoms with van der Waals surface area (Å²) in [7, 11) is 0. The van der Waals surface area contributed by atoms with Gasteiger partial charge in [0, 0.05) is 17.0 Å². The van der Waals surface area contributed by atoms with E-state index in [1.54, 1.807) is 0 Å². The molecule has 0 fully saturated rings. The molecule has 1 aromatic rings. The highest BCUT2D eigenvalue weighted by Crippen LogP contribution is 2.41. The predicted molar refractivity (Wildman–Crippen MR) is 86.5 cm³/mol. The summed E-state index contributed by atoms with van der Waals surface area (Å²) in [6, 6.07) is 3.15. The van der Waals surface area contributed by atoms with Crippen LogP contribution in [0.1, 0.15) is 32.3 Å². The molecule has 0 spiro atoms. The Kier molecular flexibility index (Phi) is 5.58. The van der Waals surface area contributed by atoms with Gasteiger partial charge in [-0.25, -0.2) is 0 Å². The van der Waals surface area contributed by atoms with Crippen LogP contribution in [-0.4, -0.2) is 17.9 Å². The van der Waals surface area contributed by atoms with E-state index >= 15 is 0 Å². The van der Waals surface area contributed by atoms with Crippen LogP contribution in [0, 0.1) is 0 Å². The lowest BCUT2D eigenvalue weighted by Gasteiger charge is -2.20. The van der Waals surface area contributed by atoms with Gasteiger partial charge in [-0.1, -0.05) is 25.6 Å². The molecule has 0 radical (unpaired) electrons. The van der Waals surface area contributed by atoms with E-state index in [0.29, 0.717) is 4.90 Å². The molecule has 0 aromatic heterocycles. The SMILES string of the molecule is CCC(CC)NC(=O)/C=C1/Sc2ccc(C(F)(F)F)cc2NC1=O. The van der Waals surface area contributed by atoms with Gasteiger partial charge in [0.2, 0.25) is 5.91 Å². The molecule has 4 nitrogen and oxygen atoms in total. The second kappa shape index (κ2) is 7.29. The number of hydrogen-bond donors (Lipinski definition) is 2. The van der Waals surface area contributed by atoms with Gasteiger partial charge >= 0.3 is 6.18 Å². The van der Waals surface area contributed by atoms with E-state index in [2.05, 4.69) is 10.6 Å². The van der Waals surface area contributed by atoms with Crippen molar-refractivity contribution in [2.75, 3.05) is 5.32 Å². The minimum absolute atomic E-state index is 0.0210.